The molecule has 0 aliphatic heterocycles. The monoisotopic (exact) mass is 253 g/mol. The van der Waals surface area contributed by atoms with Gasteiger partial charge >= 0.3 is 5.97 Å². The van der Waals surface area contributed by atoms with Crippen molar-refractivity contribution in [3.8, 4) is 5.75 Å². The summed E-state index contributed by atoms with van der Waals surface area (Å²) in [6, 6.07) is 2.11. The van der Waals surface area contributed by atoms with Crippen molar-refractivity contribution < 1.29 is 24.0 Å². The summed E-state index contributed by atoms with van der Waals surface area (Å²) in [5.74, 6) is -0.710. The van der Waals surface area contributed by atoms with Crippen LogP contribution < -0.4 is 4.74 Å². The van der Waals surface area contributed by atoms with Gasteiger partial charge < -0.3 is 9.47 Å². The second kappa shape index (κ2) is 5.76. The SMILES string of the molecule is CCOC(=O)c1cc(C=O)c([N+](=O)[O-])cc1OC. The number of aldehydes is 1. The molecule has 0 bridgehead atoms. The number of hydrogen-bond donors (Lipinski definition) is 0. The molecule has 0 atom stereocenters. The largest absolute Gasteiger partial charge is 0.496 e. The van der Waals surface area contributed by atoms with Gasteiger partial charge in [-0.3, -0.25) is 14.9 Å². The summed E-state index contributed by atoms with van der Waals surface area (Å²) in [5, 5.41) is 10.7. The fourth-order valence-electron chi connectivity index (χ4n) is 1.38. The van der Waals surface area contributed by atoms with E-state index in [4.69, 9.17) is 9.47 Å². The van der Waals surface area contributed by atoms with E-state index in [2.05, 4.69) is 0 Å². The second-order valence-electron chi connectivity index (χ2n) is 3.21. The van der Waals surface area contributed by atoms with E-state index in [-0.39, 0.29) is 23.5 Å². The molecule has 7 heteroatoms. The van der Waals surface area contributed by atoms with Crippen LogP contribution in [-0.2, 0) is 4.74 Å². The molecule has 0 fully saturated rings. The van der Waals surface area contributed by atoms with Crippen LogP contribution in [0.4, 0.5) is 5.69 Å². The normalized spacial score (nSPS) is 9.67. The minimum absolute atomic E-state index is 0.00856. The molecule has 0 saturated carbocycles. The summed E-state index contributed by atoms with van der Waals surface area (Å²) in [6.07, 6.45) is 0.306. The molecule has 18 heavy (non-hydrogen) atoms. The number of nitro groups is 1. The van der Waals surface area contributed by atoms with Crippen LogP contribution in [-0.4, -0.2) is 30.9 Å². The summed E-state index contributed by atoms with van der Waals surface area (Å²) in [6.45, 7) is 1.77. The highest BCUT2D eigenvalue weighted by molar-refractivity contribution is 5.96. The predicted octanol–water partition coefficient (Wildman–Crippen LogP) is 1.59. The number of nitro benzene ring substituents is 1. The van der Waals surface area contributed by atoms with Crippen molar-refractivity contribution in [1.82, 2.24) is 0 Å². The Hall–Kier alpha value is -2.44. The number of carbonyl (C=O) groups excluding carboxylic acids is 2. The van der Waals surface area contributed by atoms with Crippen LogP contribution in [0.1, 0.15) is 27.6 Å². The first kappa shape index (κ1) is 13.6. The average molecular weight is 253 g/mol. The topological polar surface area (TPSA) is 95.7 Å². The number of methoxy groups -OCH3 is 1. The van der Waals surface area contributed by atoms with Crippen molar-refractivity contribution in [3.63, 3.8) is 0 Å². The molecule has 0 saturated heterocycles. The first-order valence-corrected chi connectivity index (χ1v) is 5.03. The maximum absolute atomic E-state index is 11.6. The Kier molecular flexibility index (Phi) is 4.36. The van der Waals surface area contributed by atoms with Gasteiger partial charge in [0.1, 0.15) is 11.3 Å². The molecule has 0 unspecified atom stereocenters. The van der Waals surface area contributed by atoms with Crippen LogP contribution >= 0.6 is 0 Å². The Morgan fingerprint density at radius 3 is 2.61 bits per heavy atom. The minimum Gasteiger partial charge on any atom is -0.496 e. The van der Waals surface area contributed by atoms with E-state index in [1.807, 2.05) is 0 Å². The highest BCUT2D eigenvalue weighted by Gasteiger charge is 2.22. The molecule has 0 radical (unpaired) electrons. The Morgan fingerprint density at radius 2 is 2.17 bits per heavy atom. The lowest BCUT2D eigenvalue weighted by atomic mass is 10.1. The van der Waals surface area contributed by atoms with Gasteiger partial charge in [0.25, 0.3) is 5.69 Å². The summed E-state index contributed by atoms with van der Waals surface area (Å²) in [4.78, 5) is 32.4. The molecule has 1 aromatic carbocycles. The van der Waals surface area contributed by atoms with Gasteiger partial charge in [0.15, 0.2) is 6.29 Å². The number of benzene rings is 1. The quantitative estimate of drug-likeness (QED) is 0.342. The van der Waals surface area contributed by atoms with E-state index >= 15 is 0 Å². The standard InChI is InChI=1S/C11H11NO6/c1-3-18-11(14)8-4-7(6-13)9(12(15)16)5-10(8)17-2/h4-6H,3H2,1-2H3. The first-order valence-electron chi connectivity index (χ1n) is 5.03. The summed E-state index contributed by atoms with van der Waals surface area (Å²) < 4.78 is 9.65. The van der Waals surface area contributed by atoms with E-state index in [1.54, 1.807) is 6.92 Å². The van der Waals surface area contributed by atoms with Crippen LogP contribution in [0.25, 0.3) is 0 Å². The molecule has 7 nitrogen and oxygen atoms in total. The molecule has 0 aromatic heterocycles. The lowest BCUT2D eigenvalue weighted by Crippen LogP contribution is -2.08. The van der Waals surface area contributed by atoms with Crippen LogP contribution in [0.15, 0.2) is 12.1 Å². The average Bonchev–Trinajstić information content (AvgIpc) is 2.37. The molecule has 1 rings (SSSR count). The minimum atomic E-state index is -0.721. The van der Waals surface area contributed by atoms with Gasteiger partial charge in [0.2, 0.25) is 0 Å². The van der Waals surface area contributed by atoms with E-state index in [1.165, 1.54) is 7.11 Å². The van der Waals surface area contributed by atoms with Crippen molar-refractivity contribution in [2.45, 2.75) is 6.92 Å². The zero-order chi connectivity index (χ0) is 13.7. The van der Waals surface area contributed by atoms with Crippen molar-refractivity contribution in [3.05, 3.63) is 33.4 Å². The molecule has 0 spiro atoms. The maximum Gasteiger partial charge on any atom is 0.341 e. The highest BCUT2D eigenvalue weighted by Crippen LogP contribution is 2.28. The van der Waals surface area contributed by atoms with Gasteiger partial charge in [-0.2, -0.15) is 0 Å². The number of carbonyl (C=O) groups is 2. The van der Waals surface area contributed by atoms with E-state index in [0.717, 1.165) is 12.1 Å². The van der Waals surface area contributed by atoms with Gasteiger partial charge in [-0.25, -0.2) is 4.79 Å². The zero-order valence-corrected chi connectivity index (χ0v) is 9.84. The van der Waals surface area contributed by atoms with Crippen LogP contribution in [0.2, 0.25) is 0 Å². The van der Waals surface area contributed by atoms with E-state index in [0.29, 0.717) is 6.29 Å². The highest BCUT2D eigenvalue weighted by atomic mass is 16.6. The van der Waals surface area contributed by atoms with Gasteiger partial charge in [-0.05, 0) is 13.0 Å². The number of ether oxygens (including phenoxy) is 2. The predicted molar refractivity (Wildman–Crippen MR) is 61.0 cm³/mol. The van der Waals surface area contributed by atoms with Gasteiger partial charge in [-0.15, -0.1) is 0 Å². The fraction of sp³-hybridized carbons (Fsp3) is 0.273. The maximum atomic E-state index is 11.6. The lowest BCUT2D eigenvalue weighted by Gasteiger charge is -2.08. The molecular formula is C11H11NO6. The lowest BCUT2D eigenvalue weighted by molar-refractivity contribution is -0.385. The van der Waals surface area contributed by atoms with Gasteiger partial charge in [0.05, 0.1) is 30.3 Å². The Labute approximate surface area is 102 Å². The Bertz CT molecular complexity index is 497. The van der Waals surface area contributed by atoms with Crippen molar-refractivity contribution in [1.29, 1.82) is 0 Å². The number of hydrogen-bond acceptors (Lipinski definition) is 6. The number of esters is 1. The van der Waals surface area contributed by atoms with Crippen molar-refractivity contribution >= 4 is 17.9 Å². The van der Waals surface area contributed by atoms with E-state index < -0.39 is 16.6 Å². The van der Waals surface area contributed by atoms with Crippen molar-refractivity contribution in [2.24, 2.45) is 0 Å². The molecule has 0 heterocycles. The molecule has 1 aromatic rings. The summed E-state index contributed by atoms with van der Waals surface area (Å²) >= 11 is 0. The van der Waals surface area contributed by atoms with Gasteiger partial charge in [-0.1, -0.05) is 0 Å². The molecule has 0 aliphatic carbocycles. The van der Waals surface area contributed by atoms with E-state index in [9.17, 15) is 19.7 Å². The molecular weight excluding hydrogens is 242 g/mol. The van der Waals surface area contributed by atoms with Crippen LogP contribution in [0.5, 0.6) is 5.75 Å². The fourth-order valence-corrected chi connectivity index (χ4v) is 1.38. The Morgan fingerprint density at radius 1 is 1.50 bits per heavy atom. The summed E-state index contributed by atoms with van der Waals surface area (Å²) in [7, 11) is 1.27. The third kappa shape index (κ3) is 2.62. The van der Waals surface area contributed by atoms with Crippen LogP contribution in [0, 0.1) is 10.1 Å². The smallest absolute Gasteiger partial charge is 0.341 e. The molecule has 0 amide bonds. The number of nitrogens with zero attached hydrogens (tertiary/aromatic N) is 1. The molecule has 96 valence electrons. The number of rotatable bonds is 5. The third-order valence-corrected chi connectivity index (χ3v) is 2.17. The van der Waals surface area contributed by atoms with Crippen LogP contribution in [0.3, 0.4) is 0 Å². The Balaban J connectivity index is 3.39. The third-order valence-electron chi connectivity index (χ3n) is 2.17. The van der Waals surface area contributed by atoms with Crippen molar-refractivity contribution in [2.75, 3.05) is 13.7 Å². The molecule has 0 N–H and O–H groups in total. The first-order chi connectivity index (χ1) is 8.54. The van der Waals surface area contributed by atoms with Gasteiger partial charge in [0, 0.05) is 0 Å². The second-order valence-corrected chi connectivity index (χ2v) is 3.21. The molecule has 0 aliphatic rings. The summed E-state index contributed by atoms with van der Waals surface area (Å²) in [5.41, 5.74) is -0.647. The zero-order valence-electron chi connectivity index (χ0n) is 9.84.